The first-order valence-corrected chi connectivity index (χ1v) is 9.12. The number of hydrogen-bond acceptors (Lipinski definition) is 3. The van der Waals surface area contributed by atoms with Gasteiger partial charge in [0.15, 0.2) is 5.96 Å². The van der Waals surface area contributed by atoms with E-state index < -0.39 is 0 Å². The van der Waals surface area contributed by atoms with Crippen LogP contribution in [0.5, 0.6) is 5.75 Å². The molecular formula is C21H29IN4O2. The van der Waals surface area contributed by atoms with Gasteiger partial charge in [0, 0.05) is 32.2 Å². The summed E-state index contributed by atoms with van der Waals surface area (Å²) in [5.41, 5.74) is 3.02. The predicted molar refractivity (Wildman–Crippen MR) is 124 cm³/mol. The van der Waals surface area contributed by atoms with E-state index in [1.165, 1.54) is 23.3 Å². The number of hydrogen-bond donors (Lipinski definition) is 3. The van der Waals surface area contributed by atoms with Gasteiger partial charge in [0.05, 0.1) is 6.54 Å². The molecule has 0 radical (unpaired) electrons. The highest BCUT2D eigenvalue weighted by Crippen LogP contribution is 2.10. The molecule has 1 amide bonds. The van der Waals surface area contributed by atoms with Crippen molar-refractivity contribution in [2.75, 3.05) is 26.7 Å². The average molecular weight is 496 g/mol. The number of aryl methyl sites for hydroxylation is 1. The minimum Gasteiger partial charge on any atom is -0.508 e. The van der Waals surface area contributed by atoms with Gasteiger partial charge in [-0.2, -0.15) is 0 Å². The van der Waals surface area contributed by atoms with Crippen molar-refractivity contribution < 1.29 is 9.90 Å². The molecule has 0 aliphatic rings. The minimum absolute atomic E-state index is 0. The Balaban J connectivity index is 0.00000392. The summed E-state index contributed by atoms with van der Waals surface area (Å²) < 4.78 is 0. The molecule has 0 bridgehead atoms. The molecule has 2 aromatic carbocycles. The van der Waals surface area contributed by atoms with Crippen LogP contribution in [-0.2, 0) is 6.54 Å². The summed E-state index contributed by atoms with van der Waals surface area (Å²) in [4.78, 5) is 18.7. The lowest BCUT2D eigenvalue weighted by Gasteiger charge is -2.23. The molecule has 0 fully saturated rings. The standard InChI is InChI=1S/C21H28N4O2.HI/c1-4-22-21(25(3)15-18-8-6-5-7-16(18)2)24-14-13-23-20(27)17-9-11-19(26)12-10-17;/h5-12,26H,4,13-15H2,1-3H3,(H,22,24)(H,23,27);1H. The highest BCUT2D eigenvalue weighted by atomic mass is 127. The number of aliphatic imine (C=N–C) groups is 1. The number of benzene rings is 2. The van der Waals surface area contributed by atoms with Crippen LogP contribution in [0, 0.1) is 6.92 Å². The topological polar surface area (TPSA) is 77.0 Å². The van der Waals surface area contributed by atoms with Gasteiger partial charge in [-0.3, -0.25) is 9.79 Å². The Morgan fingerprint density at radius 3 is 2.43 bits per heavy atom. The second kappa shape index (κ2) is 12.2. The average Bonchev–Trinajstić information content (AvgIpc) is 2.66. The summed E-state index contributed by atoms with van der Waals surface area (Å²) in [5, 5.41) is 15.4. The fourth-order valence-electron chi connectivity index (χ4n) is 2.63. The molecule has 0 saturated carbocycles. The number of nitrogens with one attached hydrogen (secondary N) is 2. The summed E-state index contributed by atoms with van der Waals surface area (Å²) >= 11 is 0. The molecule has 6 nitrogen and oxygen atoms in total. The molecule has 0 heterocycles. The largest absolute Gasteiger partial charge is 0.508 e. The van der Waals surface area contributed by atoms with Crippen LogP contribution in [-0.4, -0.2) is 48.6 Å². The van der Waals surface area contributed by atoms with E-state index in [0.29, 0.717) is 18.7 Å². The monoisotopic (exact) mass is 496 g/mol. The highest BCUT2D eigenvalue weighted by Gasteiger charge is 2.08. The fourth-order valence-corrected chi connectivity index (χ4v) is 2.63. The lowest BCUT2D eigenvalue weighted by molar-refractivity contribution is 0.0955. The van der Waals surface area contributed by atoms with Crippen molar-refractivity contribution in [1.29, 1.82) is 0 Å². The van der Waals surface area contributed by atoms with Gasteiger partial charge in [0.1, 0.15) is 5.75 Å². The first-order chi connectivity index (χ1) is 13.0. The smallest absolute Gasteiger partial charge is 0.251 e. The van der Waals surface area contributed by atoms with E-state index in [4.69, 9.17) is 0 Å². The molecule has 3 N–H and O–H groups in total. The van der Waals surface area contributed by atoms with E-state index in [2.05, 4.69) is 39.6 Å². The van der Waals surface area contributed by atoms with Crippen molar-refractivity contribution >= 4 is 35.8 Å². The van der Waals surface area contributed by atoms with E-state index >= 15 is 0 Å². The third kappa shape index (κ3) is 7.38. The first-order valence-electron chi connectivity index (χ1n) is 9.12. The van der Waals surface area contributed by atoms with Gasteiger partial charge in [-0.15, -0.1) is 24.0 Å². The van der Waals surface area contributed by atoms with Crippen molar-refractivity contribution in [3.8, 4) is 5.75 Å². The van der Waals surface area contributed by atoms with E-state index in [1.54, 1.807) is 12.1 Å². The van der Waals surface area contributed by atoms with Gasteiger partial charge in [-0.05, 0) is 49.2 Å². The van der Waals surface area contributed by atoms with Gasteiger partial charge in [-0.25, -0.2) is 0 Å². The van der Waals surface area contributed by atoms with Gasteiger partial charge < -0.3 is 20.6 Å². The van der Waals surface area contributed by atoms with Crippen molar-refractivity contribution in [2.45, 2.75) is 20.4 Å². The lowest BCUT2D eigenvalue weighted by atomic mass is 10.1. The molecule has 7 heteroatoms. The summed E-state index contributed by atoms with van der Waals surface area (Å²) in [6.45, 7) is 6.59. The van der Waals surface area contributed by atoms with Crippen LogP contribution in [0.1, 0.15) is 28.4 Å². The number of aromatic hydroxyl groups is 1. The van der Waals surface area contributed by atoms with Crippen LogP contribution < -0.4 is 10.6 Å². The maximum atomic E-state index is 12.1. The molecule has 0 saturated heterocycles. The second-order valence-corrected chi connectivity index (χ2v) is 6.32. The van der Waals surface area contributed by atoms with E-state index in [-0.39, 0.29) is 35.6 Å². The first kappa shape index (κ1) is 23.7. The maximum Gasteiger partial charge on any atom is 0.251 e. The van der Waals surface area contributed by atoms with Gasteiger partial charge in [-0.1, -0.05) is 24.3 Å². The quantitative estimate of drug-likeness (QED) is 0.238. The second-order valence-electron chi connectivity index (χ2n) is 6.32. The molecule has 0 aliphatic heterocycles. The summed E-state index contributed by atoms with van der Waals surface area (Å²) in [6.07, 6.45) is 0. The van der Waals surface area contributed by atoms with E-state index in [9.17, 15) is 9.90 Å². The van der Waals surface area contributed by atoms with Crippen LogP contribution in [0.15, 0.2) is 53.5 Å². The fraction of sp³-hybridized carbons (Fsp3) is 0.333. The van der Waals surface area contributed by atoms with Gasteiger partial charge in [0.2, 0.25) is 0 Å². The molecular weight excluding hydrogens is 467 g/mol. The van der Waals surface area contributed by atoms with Crippen LogP contribution in [0.25, 0.3) is 0 Å². The van der Waals surface area contributed by atoms with E-state index in [0.717, 1.165) is 19.0 Å². The Bertz CT molecular complexity index is 778. The zero-order chi connectivity index (χ0) is 19.6. The molecule has 0 aliphatic carbocycles. The number of nitrogens with zero attached hydrogens (tertiary/aromatic N) is 2. The third-order valence-corrected chi connectivity index (χ3v) is 4.15. The lowest BCUT2D eigenvalue weighted by Crippen LogP contribution is -2.39. The Morgan fingerprint density at radius 1 is 1.11 bits per heavy atom. The van der Waals surface area contributed by atoms with Crippen LogP contribution in [0.3, 0.4) is 0 Å². The zero-order valence-corrected chi connectivity index (χ0v) is 18.9. The molecule has 2 rings (SSSR count). The molecule has 152 valence electrons. The van der Waals surface area contributed by atoms with Crippen LogP contribution in [0.2, 0.25) is 0 Å². The number of carbonyl (C=O) groups excluding carboxylic acids is 1. The maximum absolute atomic E-state index is 12.1. The summed E-state index contributed by atoms with van der Waals surface area (Å²) in [7, 11) is 2.00. The summed E-state index contributed by atoms with van der Waals surface area (Å²) in [6, 6.07) is 14.5. The molecule has 0 aromatic heterocycles. The van der Waals surface area contributed by atoms with Crippen molar-refractivity contribution in [3.63, 3.8) is 0 Å². The van der Waals surface area contributed by atoms with Crippen molar-refractivity contribution in [3.05, 3.63) is 65.2 Å². The zero-order valence-electron chi connectivity index (χ0n) is 16.6. The molecule has 28 heavy (non-hydrogen) atoms. The SMILES string of the molecule is CCNC(=NCCNC(=O)c1ccc(O)cc1)N(C)Cc1ccccc1C.I. The number of phenolic OH excluding ortho intramolecular Hbond substituents is 1. The predicted octanol–water partition coefficient (Wildman–Crippen LogP) is 3.15. The number of halogens is 1. The van der Waals surface area contributed by atoms with Crippen molar-refractivity contribution in [1.82, 2.24) is 15.5 Å². The Kier molecular flexibility index (Phi) is 10.4. The Morgan fingerprint density at radius 2 is 1.79 bits per heavy atom. The van der Waals surface area contributed by atoms with Gasteiger partial charge in [0.25, 0.3) is 5.91 Å². The third-order valence-electron chi connectivity index (χ3n) is 4.15. The van der Waals surface area contributed by atoms with Crippen molar-refractivity contribution in [2.24, 2.45) is 4.99 Å². The molecule has 0 spiro atoms. The normalized spacial score (nSPS) is 10.8. The summed E-state index contributed by atoms with van der Waals surface area (Å²) in [5.74, 6) is 0.770. The molecule has 2 aromatic rings. The van der Waals surface area contributed by atoms with Crippen LogP contribution in [0.4, 0.5) is 0 Å². The van der Waals surface area contributed by atoms with Crippen LogP contribution >= 0.6 is 24.0 Å². The number of rotatable bonds is 7. The highest BCUT2D eigenvalue weighted by molar-refractivity contribution is 14.0. The number of guanidine groups is 1. The Labute approximate surface area is 184 Å². The molecule has 0 unspecified atom stereocenters. The molecule has 0 atom stereocenters. The van der Waals surface area contributed by atoms with Gasteiger partial charge >= 0.3 is 0 Å². The number of phenols is 1. The van der Waals surface area contributed by atoms with E-state index in [1.807, 2.05) is 26.1 Å². The Hall–Kier alpha value is -2.29. The number of carbonyl (C=O) groups is 1. The number of amides is 1. The minimum atomic E-state index is -0.177.